The van der Waals surface area contributed by atoms with Crippen molar-refractivity contribution in [2.24, 2.45) is 11.3 Å². The largest absolute Gasteiger partial charge is 0.271 e. The standard InChI is InChI=1S/C13H26N4/c1-6-17-12(9-10(2)16-17)11(15-14)7-8-13(3,4)5/h9,11,15H,6-8,14H2,1-5H3. The highest BCUT2D eigenvalue weighted by Crippen LogP contribution is 2.27. The zero-order valence-electron chi connectivity index (χ0n) is 11.7. The van der Waals surface area contributed by atoms with Crippen molar-refractivity contribution in [1.29, 1.82) is 0 Å². The van der Waals surface area contributed by atoms with Gasteiger partial charge >= 0.3 is 0 Å². The van der Waals surface area contributed by atoms with Crippen LogP contribution < -0.4 is 11.3 Å². The van der Waals surface area contributed by atoms with E-state index in [0.717, 1.165) is 25.1 Å². The van der Waals surface area contributed by atoms with E-state index in [0.29, 0.717) is 5.41 Å². The fraction of sp³-hybridized carbons (Fsp3) is 0.769. The van der Waals surface area contributed by atoms with E-state index in [2.05, 4.69) is 44.3 Å². The minimum Gasteiger partial charge on any atom is -0.271 e. The van der Waals surface area contributed by atoms with E-state index in [1.54, 1.807) is 0 Å². The summed E-state index contributed by atoms with van der Waals surface area (Å²) in [4.78, 5) is 0. The van der Waals surface area contributed by atoms with Crippen molar-refractivity contribution >= 4 is 0 Å². The average molecular weight is 238 g/mol. The van der Waals surface area contributed by atoms with Crippen molar-refractivity contribution in [2.75, 3.05) is 0 Å². The van der Waals surface area contributed by atoms with Crippen LogP contribution in [0.15, 0.2) is 6.07 Å². The van der Waals surface area contributed by atoms with Gasteiger partial charge in [-0.15, -0.1) is 0 Å². The van der Waals surface area contributed by atoms with E-state index in [9.17, 15) is 0 Å². The van der Waals surface area contributed by atoms with Gasteiger partial charge in [0.2, 0.25) is 0 Å². The van der Waals surface area contributed by atoms with Gasteiger partial charge in [-0.2, -0.15) is 5.10 Å². The first-order valence-corrected chi connectivity index (χ1v) is 6.38. The van der Waals surface area contributed by atoms with Crippen LogP contribution in [0.1, 0.15) is 58.0 Å². The van der Waals surface area contributed by atoms with Gasteiger partial charge in [-0.1, -0.05) is 20.8 Å². The summed E-state index contributed by atoms with van der Waals surface area (Å²) >= 11 is 0. The molecule has 0 bridgehead atoms. The van der Waals surface area contributed by atoms with Crippen LogP contribution in [0.3, 0.4) is 0 Å². The SMILES string of the molecule is CCn1nc(C)cc1C(CCC(C)(C)C)NN. The molecule has 0 aromatic carbocycles. The molecule has 0 saturated heterocycles. The topological polar surface area (TPSA) is 55.9 Å². The van der Waals surface area contributed by atoms with Crippen LogP contribution in [0.25, 0.3) is 0 Å². The zero-order chi connectivity index (χ0) is 13.1. The molecule has 1 rings (SSSR count). The van der Waals surface area contributed by atoms with Gasteiger partial charge in [-0.25, -0.2) is 0 Å². The third kappa shape index (κ3) is 4.13. The third-order valence-corrected chi connectivity index (χ3v) is 2.97. The molecular formula is C13H26N4. The third-order valence-electron chi connectivity index (χ3n) is 2.97. The van der Waals surface area contributed by atoms with Crippen LogP contribution in [0.5, 0.6) is 0 Å². The van der Waals surface area contributed by atoms with Gasteiger partial charge in [0.15, 0.2) is 0 Å². The highest BCUT2D eigenvalue weighted by atomic mass is 15.3. The van der Waals surface area contributed by atoms with Crippen LogP contribution in [0, 0.1) is 12.3 Å². The molecule has 0 amide bonds. The van der Waals surface area contributed by atoms with Gasteiger partial charge in [-0.05, 0) is 38.2 Å². The van der Waals surface area contributed by atoms with Crippen LogP contribution in [0.2, 0.25) is 0 Å². The Bertz CT molecular complexity index is 349. The van der Waals surface area contributed by atoms with Gasteiger partial charge in [0.1, 0.15) is 0 Å². The first kappa shape index (κ1) is 14.2. The minimum atomic E-state index is 0.190. The second-order valence-corrected chi connectivity index (χ2v) is 5.84. The maximum absolute atomic E-state index is 5.68. The molecule has 4 heteroatoms. The van der Waals surface area contributed by atoms with Crippen LogP contribution in [-0.4, -0.2) is 9.78 Å². The minimum absolute atomic E-state index is 0.190. The lowest BCUT2D eigenvalue weighted by Crippen LogP contribution is -2.30. The number of nitrogens with one attached hydrogen (secondary N) is 1. The quantitative estimate of drug-likeness (QED) is 0.612. The Balaban J connectivity index is 2.78. The molecule has 0 aliphatic heterocycles. The number of rotatable bonds is 5. The molecule has 1 aromatic rings. The molecule has 1 atom stereocenters. The number of hydrogen-bond donors (Lipinski definition) is 2. The van der Waals surface area contributed by atoms with Crippen LogP contribution in [-0.2, 0) is 6.54 Å². The molecule has 0 radical (unpaired) electrons. The average Bonchev–Trinajstić information content (AvgIpc) is 2.59. The number of nitrogens with two attached hydrogens (primary N) is 1. The van der Waals surface area contributed by atoms with Crippen molar-refractivity contribution in [3.05, 3.63) is 17.5 Å². The number of hydrazine groups is 1. The summed E-state index contributed by atoms with van der Waals surface area (Å²) in [5.74, 6) is 5.68. The molecule has 3 N–H and O–H groups in total. The fourth-order valence-corrected chi connectivity index (χ4v) is 1.99. The molecular weight excluding hydrogens is 212 g/mol. The van der Waals surface area contributed by atoms with Gasteiger partial charge in [0, 0.05) is 6.54 Å². The van der Waals surface area contributed by atoms with Crippen molar-refractivity contribution in [3.8, 4) is 0 Å². The van der Waals surface area contributed by atoms with E-state index in [-0.39, 0.29) is 6.04 Å². The Morgan fingerprint density at radius 1 is 1.47 bits per heavy atom. The summed E-state index contributed by atoms with van der Waals surface area (Å²) in [5, 5.41) is 4.46. The summed E-state index contributed by atoms with van der Waals surface area (Å²) in [7, 11) is 0. The first-order valence-electron chi connectivity index (χ1n) is 6.38. The van der Waals surface area contributed by atoms with Crippen molar-refractivity contribution < 1.29 is 0 Å². The lowest BCUT2D eigenvalue weighted by atomic mass is 9.88. The Kier molecular flexibility index (Phi) is 4.71. The van der Waals surface area contributed by atoms with Gasteiger partial charge < -0.3 is 0 Å². The van der Waals surface area contributed by atoms with E-state index in [1.165, 1.54) is 5.69 Å². The predicted octanol–water partition coefficient (Wildman–Crippen LogP) is 2.54. The number of aryl methyl sites for hydroxylation is 2. The summed E-state index contributed by atoms with van der Waals surface area (Å²) in [5.41, 5.74) is 5.50. The highest BCUT2D eigenvalue weighted by Gasteiger charge is 2.19. The van der Waals surface area contributed by atoms with Gasteiger partial charge in [-0.3, -0.25) is 16.0 Å². The summed E-state index contributed by atoms with van der Waals surface area (Å²) in [6.07, 6.45) is 2.17. The van der Waals surface area contributed by atoms with Crippen LogP contribution >= 0.6 is 0 Å². The molecule has 1 unspecified atom stereocenters. The maximum atomic E-state index is 5.68. The van der Waals surface area contributed by atoms with Gasteiger partial charge in [0.25, 0.3) is 0 Å². The second kappa shape index (κ2) is 5.65. The fourth-order valence-electron chi connectivity index (χ4n) is 1.99. The first-order chi connectivity index (χ1) is 7.87. The molecule has 0 aliphatic carbocycles. The van der Waals surface area contributed by atoms with E-state index < -0.39 is 0 Å². The number of aromatic nitrogens is 2. The van der Waals surface area contributed by atoms with Crippen LogP contribution in [0.4, 0.5) is 0 Å². The molecule has 0 aliphatic rings. The molecule has 4 nitrogen and oxygen atoms in total. The van der Waals surface area contributed by atoms with Crippen molar-refractivity contribution in [2.45, 2.75) is 60.0 Å². The van der Waals surface area contributed by atoms with Crippen molar-refractivity contribution in [3.63, 3.8) is 0 Å². The summed E-state index contributed by atoms with van der Waals surface area (Å²) < 4.78 is 2.03. The zero-order valence-corrected chi connectivity index (χ0v) is 11.7. The Morgan fingerprint density at radius 3 is 2.59 bits per heavy atom. The maximum Gasteiger partial charge on any atom is 0.0629 e. The summed E-state index contributed by atoms with van der Waals surface area (Å²) in [6.45, 7) is 11.8. The summed E-state index contributed by atoms with van der Waals surface area (Å²) in [6, 6.07) is 2.31. The Labute approximate surface area is 105 Å². The lowest BCUT2D eigenvalue weighted by molar-refractivity contribution is 0.326. The molecule has 0 spiro atoms. The molecule has 1 heterocycles. The molecule has 0 fully saturated rings. The predicted molar refractivity (Wildman–Crippen MR) is 71.4 cm³/mol. The molecule has 0 saturated carbocycles. The molecule has 1 aromatic heterocycles. The number of nitrogens with zero attached hydrogens (tertiary/aromatic N) is 2. The molecule has 17 heavy (non-hydrogen) atoms. The van der Waals surface area contributed by atoms with E-state index in [1.807, 2.05) is 11.6 Å². The highest BCUT2D eigenvalue weighted by molar-refractivity contribution is 5.13. The monoisotopic (exact) mass is 238 g/mol. The van der Waals surface area contributed by atoms with E-state index in [4.69, 9.17) is 5.84 Å². The second-order valence-electron chi connectivity index (χ2n) is 5.84. The Morgan fingerprint density at radius 2 is 2.12 bits per heavy atom. The smallest absolute Gasteiger partial charge is 0.0629 e. The van der Waals surface area contributed by atoms with E-state index >= 15 is 0 Å². The van der Waals surface area contributed by atoms with Gasteiger partial charge in [0.05, 0.1) is 17.4 Å². The van der Waals surface area contributed by atoms with Crippen molar-refractivity contribution in [1.82, 2.24) is 15.2 Å². The lowest BCUT2D eigenvalue weighted by Gasteiger charge is -2.23. The normalized spacial score (nSPS) is 14.0. The number of hydrogen-bond acceptors (Lipinski definition) is 3. The molecule has 98 valence electrons. The Hall–Kier alpha value is -0.870.